The van der Waals surface area contributed by atoms with Gasteiger partial charge in [-0.25, -0.2) is 0 Å². The van der Waals surface area contributed by atoms with E-state index >= 15 is 0 Å². The average molecular weight is 136 g/mol. The Morgan fingerprint density at radius 2 is 2.20 bits per heavy atom. The first-order valence-electron chi connectivity index (χ1n) is 3.61. The molecule has 0 aliphatic rings. The van der Waals surface area contributed by atoms with Crippen molar-refractivity contribution >= 4 is 7.98 Å². The van der Waals surface area contributed by atoms with Gasteiger partial charge in [0.1, 0.15) is 0 Å². The lowest BCUT2D eigenvalue weighted by molar-refractivity contribution is 0.791. The zero-order valence-electron chi connectivity index (χ0n) is 7.05. The van der Waals surface area contributed by atoms with Gasteiger partial charge in [0, 0.05) is 6.20 Å². The molecule has 0 radical (unpaired) electrons. The minimum absolute atomic E-state index is 0.543. The Balaban J connectivity index is 3.03. The summed E-state index contributed by atoms with van der Waals surface area (Å²) in [5.74, 6) is 0.543. The van der Waals surface area contributed by atoms with Crippen LogP contribution in [0.15, 0.2) is 6.20 Å². The van der Waals surface area contributed by atoms with Gasteiger partial charge in [0.15, 0.2) is 0 Å². The van der Waals surface area contributed by atoms with Crippen LogP contribution < -0.4 is 0 Å². The van der Waals surface area contributed by atoms with Crippen LogP contribution in [-0.2, 0) is 0 Å². The second-order valence-corrected chi connectivity index (χ2v) is 3.03. The average Bonchev–Trinajstić information content (AvgIpc) is 2.10. The van der Waals surface area contributed by atoms with Gasteiger partial charge in [-0.2, -0.15) is 5.10 Å². The molecule has 0 aromatic carbocycles. The van der Waals surface area contributed by atoms with E-state index in [0.29, 0.717) is 5.92 Å². The first kappa shape index (κ1) is 7.38. The Morgan fingerprint density at radius 3 is 2.40 bits per heavy atom. The van der Waals surface area contributed by atoms with Gasteiger partial charge in [-0.15, -0.1) is 0 Å². The second-order valence-electron chi connectivity index (χ2n) is 3.03. The molecule has 1 heterocycles. The molecule has 0 amide bonds. The van der Waals surface area contributed by atoms with Gasteiger partial charge in [0.2, 0.25) is 7.98 Å². The Morgan fingerprint density at radius 1 is 1.60 bits per heavy atom. The summed E-state index contributed by atoms with van der Waals surface area (Å²) in [6.45, 7) is 6.42. The third-order valence-electron chi connectivity index (χ3n) is 1.60. The standard InChI is InChI=1S/C7H13BN2/c1-5(2)7-6(3)4-10(8)9-7/h4-5H,8H2,1-3H3. The summed E-state index contributed by atoms with van der Waals surface area (Å²) in [6.07, 6.45) is 2.05. The molecule has 2 nitrogen and oxygen atoms in total. The fourth-order valence-corrected chi connectivity index (χ4v) is 1.19. The highest BCUT2D eigenvalue weighted by Crippen LogP contribution is 2.14. The Bertz CT molecular complexity index is 228. The molecule has 0 bridgehead atoms. The van der Waals surface area contributed by atoms with Crippen LogP contribution in [0.5, 0.6) is 0 Å². The van der Waals surface area contributed by atoms with E-state index in [2.05, 4.69) is 32.1 Å². The molecular formula is C7H13BN2. The van der Waals surface area contributed by atoms with Crippen LogP contribution >= 0.6 is 0 Å². The summed E-state index contributed by atoms with van der Waals surface area (Å²) in [4.78, 5) is 0. The molecule has 0 spiro atoms. The van der Waals surface area contributed by atoms with Crippen molar-refractivity contribution in [2.45, 2.75) is 26.7 Å². The van der Waals surface area contributed by atoms with Gasteiger partial charge in [-0.05, 0) is 18.4 Å². The molecular weight excluding hydrogens is 123 g/mol. The number of rotatable bonds is 1. The Kier molecular flexibility index (Phi) is 1.83. The molecule has 1 aromatic heterocycles. The maximum absolute atomic E-state index is 4.33. The van der Waals surface area contributed by atoms with E-state index in [9.17, 15) is 0 Å². The van der Waals surface area contributed by atoms with Gasteiger partial charge < -0.3 is 4.59 Å². The first-order valence-corrected chi connectivity index (χ1v) is 3.61. The molecule has 0 unspecified atom stereocenters. The lowest BCUT2D eigenvalue weighted by Gasteiger charge is -1.99. The summed E-state index contributed by atoms with van der Waals surface area (Å²) in [5, 5.41) is 4.33. The van der Waals surface area contributed by atoms with Crippen LogP contribution in [0.1, 0.15) is 31.0 Å². The summed E-state index contributed by atoms with van der Waals surface area (Å²) < 4.78 is 1.87. The number of hydrogen-bond donors (Lipinski definition) is 0. The molecule has 1 rings (SSSR count). The molecule has 1 aromatic rings. The van der Waals surface area contributed by atoms with E-state index < -0.39 is 0 Å². The number of aryl methyl sites for hydroxylation is 1. The second kappa shape index (κ2) is 2.49. The Hall–Kier alpha value is -0.725. The summed E-state index contributed by atoms with van der Waals surface area (Å²) in [7, 11) is 1.96. The zero-order chi connectivity index (χ0) is 7.72. The largest absolute Gasteiger partial charge is 0.326 e. The van der Waals surface area contributed by atoms with Gasteiger partial charge in [-0.3, -0.25) is 0 Å². The molecule has 0 N–H and O–H groups in total. The summed E-state index contributed by atoms with van der Waals surface area (Å²) >= 11 is 0. The number of nitrogens with zero attached hydrogens (tertiary/aromatic N) is 2. The normalized spacial score (nSPS) is 10.8. The minimum atomic E-state index is 0.543. The maximum atomic E-state index is 4.33. The fraction of sp³-hybridized carbons (Fsp3) is 0.571. The van der Waals surface area contributed by atoms with Crippen LogP contribution in [0.3, 0.4) is 0 Å². The van der Waals surface area contributed by atoms with Crippen molar-refractivity contribution in [3.63, 3.8) is 0 Å². The van der Waals surface area contributed by atoms with Gasteiger partial charge in [0.25, 0.3) is 0 Å². The lowest BCUT2D eigenvalue weighted by atomic mass is 10.1. The van der Waals surface area contributed by atoms with E-state index in [1.165, 1.54) is 11.3 Å². The van der Waals surface area contributed by atoms with Gasteiger partial charge >= 0.3 is 0 Å². The topological polar surface area (TPSA) is 17.8 Å². The first-order chi connectivity index (χ1) is 4.61. The van der Waals surface area contributed by atoms with Crippen LogP contribution in [0.4, 0.5) is 0 Å². The summed E-state index contributed by atoms with van der Waals surface area (Å²) in [6, 6.07) is 0. The highest BCUT2D eigenvalue weighted by Gasteiger charge is 2.05. The monoisotopic (exact) mass is 136 g/mol. The molecule has 0 atom stereocenters. The highest BCUT2D eigenvalue weighted by molar-refractivity contribution is 6.05. The molecule has 0 aliphatic carbocycles. The molecule has 0 saturated heterocycles. The molecule has 0 saturated carbocycles. The molecule has 54 valence electrons. The van der Waals surface area contributed by atoms with Crippen molar-refractivity contribution in [3.8, 4) is 0 Å². The molecule has 3 heteroatoms. The van der Waals surface area contributed by atoms with Crippen molar-refractivity contribution in [3.05, 3.63) is 17.5 Å². The number of hydrogen-bond acceptors (Lipinski definition) is 1. The zero-order valence-corrected chi connectivity index (χ0v) is 7.05. The molecule has 0 fully saturated rings. The fourth-order valence-electron chi connectivity index (χ4n) is 1.19. The van der Waals surface area contributed by atoms with E-state index in [1.54, 1.807) is 0 Å². The third-order valence-corrected chi connectivity index (χ3v) is 1.60. The predicted octanol–water partition coefficient (Wildman–Crippen LogP) is 0.711. The van der Waals surface area contributed by atoms with E-state index in [1.807, 2.05) is 12.6 Å². The van der Waals surface area contributed by atoms with Crippen molar-refractivity contribution < 1.29 is 0 Å². The van der Waals surface area contributed by atoms with Crippen molar-refractivity contribution in [2.75, 3.05) is 0 Å². The van der Waals surface area contributed by atoms with Crippen LogP contribution in [0.2, 0.25) is 0 Å². The predicted molar refractivity (Wildman–Crippen MR) is 45.0 cm³/mol. The van der Waals surface area contributed by atoms with Crippen molar-refractivity contribution in [1.82, 2.24) is 9.69 Å². The van der Waals surface area contributed by atoms with Crippen molar-refractivity contribution in [2.24, 2.45) is 0 Å². The minimum Gasteiger partial charge on any atom is -0.326 e. The van der Waals surface area contributed by atoms with E-state index in [4.69, 9.17) is 0 Å². The van der Waals surface area contributed by atoms with Crippen molar-refractivity contribution in [1.29, 1.82) is 0 Å². The highest BCUT2D eigenvalue weighted by atomic mass is 15.2. The third kappa shape index (κ3) is 1.23. The summed E-state index contributed by atoms with van der Waals surface area (Å²) in [5.41, 5.74) is 2.50. The van der Waals surface area contributed by atoms with Gasteiger partial charge in [-0.1, -0.05) is 13.8 Å². The number of aromatic nitrogens is 2. The SMILES string of the molecule is Bn1cc(C)c(C(C)C)n1. The quantitative estimate of drug-likeness (QED) is 0.520. The van der Waals surface area contributed by atoms with E-state index in [-0.39, 0.29) is 0 Å². The lowest BCUT2D eigenvalue weighted by Crippen LogP contribution is -1.94. The van der Waals surface area contributed by atoms with E-state index in [0.717, 1.165) is 0 Å². The van der Waals surface area contributed by atoms with Gasteiger partial charge in [0.05, 0.1) is 5.69 Å². The Labute approximate surface area is 62.7 Å². The molecule has 0 aliphatic heterocycles. The molecule has 10 heavy (non-hydrogen) atoms. The smallest absolute Gasteiger partial charge is 0.248 e. The maximum Gasteiger partial charge on any atom is 0.248 e. The van der Waals surface area contributed by atoms with Crippen LogP contribution in [0, 0.1) is 6.92 Å². The van der Waals surface area contributed by atoms with Crippen LogP contribution in [-0.4, -0.2) is 17.7 Å². The van der Waals surface area contributed by atoms with Crippen LogP contribution in [0.25, 0.3) is 0 Å².